The van der Waals surface area contributed by atoms with Crippen molar-refractivity contribution in [3.8, 4) is 5.75 Å². The van der Waals surface area contributed by atoms with Crippen LogP contribution in [0.4, 0.5) is 11.8 Å². The predicted octanol–water partition coefficient (Wildman–Crippen LogP) is 4.55. The summed E-state index contributed by atoms with van der Waals surface area (Å²) >= 11 is 0. The molecular formula is C23H28N4O. The lowest BCUT2D eigenvalue weighted by Crippen LogP contribution is -2.31. The Balaban J connectivity index is 1.62. The average molecular weight is 377 g/mol. The molecule has 0 radical (unpaired) electrons. The van der Waals surface area contributed by atoms with Gasteiger partial charge in [0.05, 0.1) is 7.11 Å². The summed E-state index contributed by atoms with van der Waals surface area (Å²) in [7, 11) is 1.68. The molecule has 0 aliphatic carbocycles. The van der Waals surface area contributed by atoms with Gasteiger partial charge in [-0.2, -0.15) is 4.98 Å². The molecule has 0 unspecified atom stereocenters. The maximum Gasteiger partial charge on any atom is 0.227 e. The summed E-state index contributed by atoms with van der Waals surface area (Å²) in [4.78, 5) is 11.4. The van der Waals surface area contributed by atoms with Crippen molar-refractivity contribution in [3.05, 3.63) is 78.0 Å². The van der Waals surface area contributed by atoms with E-state index >= 15 is 0 Å². The first-order valence-corrected chi connectivity index (χ1v) is 9.66. The number of nitrogens with zero attached hydrogens (tertiary/aromatic N) is 3. The van der Waals surface area contributed by atoms with Crippen molar-refractivity contribution in [1.29, 1.82) is 0 Å². The van der Waals surface area contributed by atoms with Gasteiger partial charge in [0.15, 0.2) is 0 Å². The second-order valence-corrected chi connectivity index (χ2v) is 6.97. The van der Waals surface area contributed by atoms with Crippen LogP contribution < -0.4 is 15.0 Å². The highest BCUT2D eigenvalue weighted by Gasteiger charge is 2.14. The van der Waals surface area contributed by atoms with Crippen LogP contribution in [0.5, 0.6) is 5.75 Å². The molecule has 1 aromatic heterocycles. The molecule has 1 N–H and O–H groups in total. The molecule has 0 fully saturated rings. The molecule has 28 heavy (non-hydrogen) atoms. The third-order valence-corrected chi connectivity index (χ3v) is 4.60. The van der Waals surface area contributed by atoms with Gasteiger partial charge < -0.3 is 15.0 Å². The Bertz CT molecular complexity index is 850. The van der Waals surface area contributed by atoms with Gasteiger partial charge >= 0.3 is 0 Å². The summed E-state index contributed by atoms with van der Waals surface area (Å²) in [6, 6.07) is 20.8. The average Bonchev–Trinajstić information content (AvgIpc) is 2.73. The van der Waals surface area contributed by atoms with Crippen molar-refractivity contribution in [2.45, 2.75) is 32.9 Å². The molecular weight excluding hydrogens is 348 g/mol. The van der Waals surface area contributed by atoms with Crippen molar-refractivity contribution in [2.24, 2.45) is 0 Å². The van der Waals surface area contributed by atoms with Crippen molar-refractivity contribution < 1.29 is 4.74 Å². The number of rotatable bonds is 9. The standard InChI is InChI=1S/C23H28N4O/c1-18(2)27(17-20-7-5-4-6-8-20)23-25-16-14-22(26-23)24-15-13-19-9-11-21(28-3)12-10-19/h4-12,14,16,18H,13,15,17H2,1-3H3,(H,24,25,26). The molecule has 0 atom stereocenters. The zero-order valence-corrected chi connectivity index (χ0v) is 16.8. The molecule has 0 aliphatic rings. The Hall–Kier alpha value is -3.08. The predicted molar refractivity (Wildman–Crippen MR) is 115 cm³/mol. The molecule has 3 rings (SSSR count). The first kappa shape index (κ1) is 19.7. The van der Waals surface area contributed by atoms with Gasteiger partial charge in [0.1, 0.15) is 11.6 Å². The highest BCUT2D eigenvalue weighted by atomic mass is 16.5. The lowest BCUT2D eigenvalue weighted by molar-refractivity contribution is 0.414. The molecule has 5 heteroatoms. The van der Waals surface area contributed by atoms with Crippen LogP contribution in [-0.2, 0) is 13.0 Å². The van der Waals surface area contributed by atoms with Gasteiger partial charge in [-0.1, -0.05) is 42.5 Å². The van der Waals surface area contributed by atoms with E-state index in [0.29, 0.717) is 6.04 Å². The van der Waals surface area contributed by atoms with Crippen LogP contribution in [0.3, 0.4) is 0 Å². The van der Waals surface area contributed by atoms with Crippen molar-refractivity contribution >= 4 is 11.8 Å². The molecule has 0 aliphatic heterocycles. The zero-order valence-electron chi connectivity index (χ0n) is 16.8. The Morgan fingerprint density at radius 1 is 0.964 bits per heavy atom. The van der Waals surface area contributed by atoms with Gasteiger partial charge in [0, 0.05) is 25.3 Å². The molecule has 1 heterocycles. The third kappa shape index (κ3) is 5.46. The molecule has 5 nitrogen and oxygen atoms in total. The minimum atomic E-state index is 0.301. The highest BCUT2D eigenvalue weighted by Crippen LogP contribution is 2.18. The summed E-state index contributed by atoms with van der Waals surface area (Å²) in [6.07, 6.45) is 2.74. The van der Waals surface area contributed by atoms with Gasteiger partial charge in [-0.25, -0.2) is 4.98 Å². The van der Waals surface area contributed by atoms with E-state index < -0.39 is 0 Å². The number of benzene rings is 2. The number of hydrogen-bond donors (Lipinski definition) is 1. The molecule has 146 valence electrons. The van der Waals surface area contributed by atoms with Crippen LogP contribution >= 0.6 is 0 Å². The highest BCUT2D eigenvalue weighted by molar-refractivity contribution is 5.42. The normalized spacial score (nSPS) is 10.7. The van der Waals surface area contributed by atoms with Crippen LogP contribution in [0.25, 0.3) is 0 Å². The minimum absolute atomic E-state index is 0.301. The first-order valence-electron chi connectivity index (χ1n) is 9.66. The minimum Gasteiger partial charge on any atom is -0.497 e. The van der Waals surface area contributed by atoms with E-state index in [1.54, 1.807) is 7.11 Å². The largest absolute Gasteiger partial charge is 0.497 e. The van der Waals surface area contributed by atoms with Crippen molar-refractivity contribution in [1.82, 2.24) is 9.97 Å². The van der Waals surface area contributed by atoms with E-state index in [9.17, 15) is 0 Å². The first-order chi connectivity index (χ1) is 13.7. The lowest BCUT2D eigenvalue weighted by Gasteiger charge is -2.27. The summed E-state index contributed by atoms with van der Waals surface area (Å²) in [5, 5.41) is 3.41. The topological polar surface area (TPSA) is 50.3 Å². The fourth-order valence-corrected chi connectivity index (χ4v) is 2.98. The van der Waals surface area contributed by atoms with E-state index in [0.717, 1.165) is 37.0 Å². The van der Waals surface area contributed by atoms with Crippen molar-refractivity contribution in [3.63, 3.8) is 0 Å². The van der Waals surface area contributed by atoms with Crippen LogP contribution in [0.15, 0.2) is 66.9 Å². The number of nitrogens with one attached hydrogen (secondary N) is 1. The Morgan fingerprint density at radius 3 is 2.39 bits per heavy atom. The molecule has 0 saturated carbocycles. The Kier molecular flexibility index (Phi) is 6.84. The van der Waals surface area contributed by atoms with E-state index in [2.05, 4.69) is 65.4 Å². The zero-order chi connectivity index (χ0) is 19.8. The SMILES string of the molecule is COc1ccc(CCNc2ccnc(N(Cc3ccccc3)C(C)C)n2)cc1. The second-order valence-electron chi connectivity index (χ2n) is 6.97. The van der Waals surface area contributed by atoms with Gasteiger partial charge in [-0.3, -0.25) is 0 Å². The lowest BCUT2D eigenvalue weighted by atomic mass is 10.1. The third-order valence-electron chi connectivity index (χ3n) is 4.60. The van der Waals surface area contributed by atoms with Crippen LogP contribution in [0, 0.1) is 0 Å². The number of ether oxygens (including phenoxy) is 1. The summed E-state index contributed by atoms with van der Waals surface area (Å²) < 4.78 is 5.20. The van der Waals surface area contributed by atoms with E-state index in [4.69, 9.17) is 9.72 Å². The maximum absolute atomic E-state index is 5.20. The molecule has 0 amide bonds. The Morgan fingerprint density at radius 2 is 1.71 bits per heavy atom. The van der Waals surface area contributed by atoms with Crippen LogP contribution in [-0.4, -0.2) is 29.7 Å². The van der Waals surface area contributed by atoms with Crippen LogP contribution in [0.1, 0.15) is 25.0 Å². The van der Waals surface area contributed by atoms with Gasteiger partial charge in [0.25, 0.3) is 0 Å². The summed E-state index contributed by atoms with van der Waals surface area (Å²) in [6.45, 7) is 5.92. The molecule has 0 spiro atoms. The van der Waals surface area contributed by atoms with Gasteiger partial charge in [-0.15, -0.1) is 0 Å². The molecule has 3 aromatic rings. The van der Waals surface area contributed by atoms with E-state index in [1.165, 1.54) is 11.1 Å². The quantitative estimate of drug-likeness (QED) is 0.593. The van der Waals surface area contributed by atoms with Gasteiger partial charge in [0.2, 0.25) is 5.95 Å². The van der Waals surface area contributed by atoms with Crippen LogP contribution in [0.2, 0.25) is 0 Å². The van der Waals surface area contributed by atoms with E-state index in [-0.39, 0.29) is 0 Å². The fourth-order valence-electron chi connectivity index (χ4n) is 2.98. The molecule has 2 aromatic carbocycles. The molecule has 0 bridgehead atoms. The Labute approximate surface area is 167 Å². The monoisotopic (exact) mass is 376 g/mol. The summed E-state index contributed by atoms with van der Waals surface area (Å²) in [5.41, 5.74) is 2.51. The number of hydrogen-bond acceptors (Lipinski definition) is 5. The maximum atomic E-state index is 5.20. The van der Waals surface area contributed by atoms with Gasteiger partial charge in [-0.05, 0) is 49.6 Å². The second kappa shape index (κ2) is 9.74. The number of methoxy groups -OCH3 is 1. The fraction of sp³-hybridized carbons (Fsp3) is 0.304. The van der Waals surface area contributed by atoms with E-state index in [1.807, 2.05) is 30.5 Å². The summed E-state index contributed by atoms with van der Waals surface area (Å²) in [5.74, 6) is 2.47. The number of aromatic nitrogens is 2. The molecule has 0 saturated heterocycles. The van der Waals surface area contributed by atoms with Crippen molar-refractivity contribution in [2.75, 3.05) is 23.9 Å². The number of anilines is 2. The smallest absolute Gasteiger partial charge is 0.227 e.